The van der Waals surface area contributed by atoms with Crippen LogP contribution in [0, 0.1) is 19.7 Å². The van der Waals surface area contributed by atoms with Crippen molar-refractivity contribution >= 4 is 11.6 Å². The minimum Gasteiger partial charge on any atom is -0.324 e. The van der Waals surface area contributed by atoms with Gasteiger partial charge in [0.1, 0.15) is 5.82 Å². The van der Waals surface area contributed by atoms with Crippen LogP contribution in [0.3, 0.4) is 0 Å². The molecule has 1 unspecified atom stereocenters. The van der Waals surface area contributed by atoms with Crippen molar-refractivity contribution in [3.05, 3.63) is 69.5 Å². The molecule has 0 aliphatic carbocycles. The summed E-state index contributed by atoms with van der Waals surface area (Å²) < 4.78 is 13.4. The lowest BCUT2D eigenvalue weighted by atomic mass is 9.97. The second kappa shape index (κ2) is 5.72. The molecule has 1 atom stereocenters. The summed E-state index contributed by atoms with van der Waals surface area (Å²) in [6, 6.07) is 10.8. The van der Waals surface area contributed by atoms with E-state index >= 15 is 0 Å². The maximum absolute atomic E-state index is 13.4. The Hall–Kier alpha value is -1.38. The minimum absolute atomic E-state index is 0.127. The molecule has 0 spiro atoms. The highest BCUT2D eigenvalue weighted by Crippen LogP contribution is 2.22. The summed E-state index contributed by atoms with van der Waals surface area (Å²) in [5.41, 5.74) is 10.5. The molecule has 2 N–H and O–H groups in total. The molecule has 0 aliphatic rings. The number of rotatable bonds is 3. The van der Waals surface area contributed by atoms with Crippen LogP contribution >= 0.6 is 11.6 Å². The van der Waals surface area contributed by atoms with Crippen molar-refractivity contribution in [2.75, 3.05) is 0 Å². The van der Waals surface area contributed by atoms with Gasteiger partial charge in [-0.1, -0.05) is 35.9 Å². The largest absolute Gasteiger partial charge is 0.324 e. The summed E-state index contributed by atoms with van der Waals surface area (Å²) in [4.78, 5) is 0. The summed E-state index contributed by atoms with van der Waals surface area (Å²) >= 11 is 5.67. The van der Waals surface area contributed by atoms with Crippen LogP contribution in [0.5, 0.6) is 0 Å². The fourth-order valence-electron chi connectivity index (χ4n) is 2.05. The van der Waals surface area contributed by atoms with Crippen molar-refractivity contribution < 1.29 is 4.39 Å². The van der Waals surface area contributed by atoms with Crippen molar-refractivity contribution in [1.82, 2.24) is 0 Å². The van der Waals surface area contributed by atoms with Crippen molar-refractivity contribution in [2.45, 2.75) is 26.3 Å². The average molecular weight is 278 g/mol. The predicted molar refractivity (Wildman–Crippen MR) is 78.0 cm³/mol. The number of halogens is 2. The summed E-state index contributed by atoms with van der Waals surface area (Å²) in [6.45, 7) is 4.15. The van der Waals surface area contributed by atoms with E-state index in [0.717, 1.165) is 11.1 Å². The molecule has 0 heterocycles. The van der Waals surface area contributed by atoms with Crippen LogP contribution in [0.25, 0.3) is 0 Å². The molecule has 100 valence electrons. The Balaban J connectivity index is 2.17. The first kappa shape index (κ1) is 14.0. The fourth-order valence-corrected chi connectivity index (χ4v) is 2.16. The average Bonchev–Trinajstić information content (AvgIpc) is 2.37. The van der Waals surface area contributed by atoms with Crippen LogP contribution < -0.4 is 5.73 Å². The summed E-state index contributed by atoms with van der Waals surface area (Å²) in [7, 11) is 0. The molecule has 2 aromatic rings. The van der Waals surface area contributed by atoms with Crippen LogP contribution in [-0.2, 0) is 6.42 Å². The summed E-state index contributed by atoms with van der Waals surface area (Å²) in [6.07, 6.45) is 0.683. The smallest absolute Gasteiger partial charge is 0.142 e. The zero-order valence-electron chi connectivity index (χ0n) is 11.1. The predicted octanol–water partition coefficient (Wildman–Crippen LogP) is 4.34. The molecule has 0 radical (unpaired) electrons. The topological polar surface area (TPSA) is 26.0 Å². The highest BCUT2D eigenvalue weighted by atomic mass is 35.5. The second-order valence-corrected chi connectivity index (χ2v) is 5.31. The van der Waals surface area contributed by atoms with E-state index in [2.05, 4.69) is 32.0 Å². The van der Waals surface area contributed by atoms with Gasteiger partial charge in [0.2, 0.25) is 0 Å². The van der Waals surface area contributed by atoms with Gasteiger partial charge >= 0.3 is 0 Å². The van der Waals surface area contributed by atoms with E-state index in [1.807, 2.05) is 0 Å². The quantitative estimate of drug-likeness (QED) is 0.887. The SMILES string of the molecule is Cc1ccc(CC(N)c2ccc(Cl)c(F)c2)cc1C. The van der Waals surface area contributed by atoms with E-state index < -0.39 is 5.82 Å². The molecule has 0 saturated carbocycles. The van der Waals surface area contributed by atoms with E-state index in [1.54, 1.807) is 12.1 Å². The van der Waals surface area contributed by atoms with Gasteiger partial charge in [-0.25, -0.2) is 4.39 Å². The van der Waals surface area contributed by atoms with Crippen molar-refractivity contribution in [1.29, 1.82) is 0 Å². The van der Waals surface area contributed by atoms with E-state index in [4.69, 9.17) is 17.3 Å². The minimum atomic E-state index is -0.422. The molecule has 0 amide bonds. The standard InChI is InChI=1S/C16H17ClFN/c1-10-3-4-12(7-11(10)2)8-16(19)13-5-6-14(17)15(18)9-13/h3-7,9,16H,8,19H2,1-2H3. The van der Waals surface area contributed by atoms with Crippen molar-refractivity contribution in [3.63, 3.8) is 0 Å². The van der Waals surface area contributed by atoms with Crippen LogP contribution in [0.1, 0.15) is 28.3 Å². The number of nitrogens with two attached hydrogens (primary N) is 1. The van der Waals surface area contributed by atoms with Gasteiger partial charge in [-0.3, -0.25) is 0 Å². The van der Waals surface area contributed by atoms with Gasteiger partial charge in [0.25, 0.3) is 0 Å². The molecule has 2 aromatic carbocycles. The Morgan fingerprint density at radius 1 is 1.11 bits per heavy atom. The number of hydrogen-bond donors (Lipinski definition) is 1. The van der Waals surface area contributed by atoms with Crippen LogP contribution in [0.4, 0.5) is 4.39 Å². The van der Waals surface area contributed by atoms with Crippen LogP contribution in [0.15, 0.2) is 36.4 Å². The maximum Gasteiger partial charge on any atom is 0.142 e. The van der Waals surface area contributed by atoms with Crippen LogP contribution in [0.2, 0.25) is 5.02 Å². The molecule has 0 bridgehead atoms. The number of hydrogen-bond acceptors (Lipinski definition) is 1. The first-order valence-electron chi connectivity index (χ1n) is 6.24. The normalized spacial score (nSPS) is 12.5. The molecule has 0 fully saturated rings. The fraction of sp³-hybridized carbons (Fsp3) is 0.250. The first-order chi connectivity index (χ1) is 8.97. The molecule has 0 saturated heterocycles. The van der Waals surface area contributed by atoms with Crippen molar-refractivity contribution in [2.24, 2.45) is 5.73 Å². The molecule has 0 aromatic heterocycles. The van der Waals surface area contributed by atoms with E-state index in [-0.39, 0.29) is 11.1 Å². The lowest BCUT2D eigenvalue weighted by molar-refractivity contribution is 0.619. The van der Waals surface area contributed by atoms with E-state index in [1.165, 1.54) is 17.2 Å². The maximum atomic E-state index is 13.4. The molecule has 0 aliphatic heterocycles. The lowest BCUT2D eigenvalue weighted by Gasteiger charge is -2.13. The zero-order valence-corrected chi connectivity index (χ0v) is 11.8. The molecular weight excluding hydrogens is 261 g/mol. The number of aryl methyl sites for hydroxylation is 2. The third kappa shape index (κ3) is 3.34. The monoisotopic (exact) mass is 277 g/mol. The van der Waals surface area contributed by atoms with Gasteiger partial charge in [-0.15, -0.1) is 0 Å². The van der Waals surface area contributed by atoms with Gasteiger partial charge in [-0.2, -0.15) is 0 Å². The summed E-state index contributed by atoms with van der Waals surface area (Å²) in [5, 5.41) is 0.127. The molecule has 3 heteroatoms. The third-order valence-corrected chi connectivity index (χ3v) is 3.71. The van der Waals surface area contributed by atoms with Crippen LogP contribution in [-0.4, -0.2) is 0 Å². The van der Waals surface area contributed by atoms with Gasteiger partial charge < -0.3 is 5.73 Å². The molecule has 2 rings (SSSR count). The molecule has 19 heavy (non-hydrogen) atoms. The highest BCUT2D eigenvalue weighted by Gasteiger charge is 2.10. The van der Waals surface area contributed by atoms with E-state index in [9.17, 15) is 4.39 Å². The molecular formula is C16H17ClFN. The van der Waals surface area contributed by atoms with E-state index in [0.29, 0.717) is 6.42 Å². The Morgan fingerprint density at radius 3 is 2.47 bits per heavy atom. The van der Waals surface area contributed by atoms with Gasteiger partial charge in [0, 0.05) is 6.04 Å². The first-order valence-corrected chi connectivity index (χ1v) is 6.62. The number of benzene rings is 2. The molecule has 1 nitrogen and oxygen atoms in total. The van der Waals surface area contributed by atoms with Gasteiger partial charge in [0.05, 0.1) is 5.02 Å². The highest BCUT2D eigenvalue weighted by molar-refractivity contribution is 6.30. The van der Waals surface area contributed by atoms with Crippen molar-refractivity contribution in [3.8, 4) is 0 Å². The Labute approximate surface area is 118 Å². The van der Waals surface area contributed by atoms with Gasteiger partial charge in [0.15, 0.2) is 0 Å². The van der Waals surface area contributed by atoms with Gasteiger partial charge in [-0.05, 0) is 54.7 Å². The Kier molecular flexibility index (Phi) is 4.23. The third-order valence-electron chi connectivity index (χ3n) is 3.40. The zero-order chi connectivity index (χ0) is 14.0. The summed E-state index contributed by atoms with van der Waals surface area (Å²) in [5.74, 6) is -0.422. The lowest BCUT2D eigenvalue weighted by Crippen LogP contribution is -2.13. The Bertz CT molecular complexity index is 595. The Morgan fingerprint density at radius 2 is 1.84 bits per heavy atom. The second-order valence-electron chi connectivity index (χ2n) is 4.90.